The lowest BCUT2D eigenvalue weighted by atomic mass is 10.0. The molecule has 2 unspecified atom stereocenters. The highest BCUT2D eigenvalue weighted by Crippen LogP contribution is 2.17. The average Bonchev–Trinajstić information content (AvgIpc) is 2.61. The van der Waals surface area contributed by atoms with E-state index in [1.165, 1.54) is 5.56 Å². The first-order valence-corrected chi connectivity index (χ1v) is 6.09. The van der Waals surface area contributed by atoms with Crippen molar-refractivity contribution in [3.63, 3.8) is 0 Å². The van der Waals surface area contributed by atoms with Crippen molar-refractivity contribution in [2.75, 3.05) is 6.54 Å². The zero-order chi connectivity index (χ0) is 12.4. The third-order valence-corrected chi connectivity index (χ3v) is 3.27. The number of carbonyl (C=O) groups is 1. The Morgan fingerprint density at radius 1 is 1.65 bits per heavy atom. The minimum absolute atomic E-state index is 0.160. The van der Waals surface area contributed by atoms with Gasteiger partial charge < -0.3 is 10.6 Å². The van der Waals surface area contributed by atoms with Gasteiger partial charge in [-0.1, -0.05) is 0 Å². The summed E-state index contributed by atoms with van der Waals surface area (Å²) in [6, 6.07) is 0.631. The van der Waals surface area contributed by atoms with E-state index in [1.807, 2.05) is 18.7 Å². The molecular formula is C12H20N4O. The van der Waals surface area contributed by atoms with E-state index in [0.717, 1.165) is 18.7 Å². The molecule has 0 radical (unpaired) electrons. The topological polar surface area (TPSA) is 59.0 Å². The molecule has 1 aromatic heterocycles. The third kappa shape index (κ3) is 2.85. The van der Waals surface area contributed by atoms with Crippen LogP contribution in [0.4, 0.5) is 0 Å². The van der Waals surface area contributed by atoms with Crippen LogP contribution in [0.2, 0.25) is 0 Å². The van der Waals surface area contributed by atoms with E-state index >= 15 is 0 Å². The standard InChI is InChI=1S/C12H20N4O/c1-8(11-7-16(3)15-9(11)2)14-10-4-5-12(17)13-6-10/h7-8,10,14H,4-6H2,1-3H3,(H,13,17). The Hall–Kier alpha value is -1.36. The lowest BCUT2D eigenvalue weighted by Crippen LogP contribution is -2.46. The molecule has 0 spiro atoms. The van der Waals surface area contributed by atoms with Crippen molar-refractivity contribution in [1.29, 1.82) is 0 Å². The maximum atomic E-state index is 11.1. The van der Waals surface area contributed by atoms with Crippen molar-refractivity contribution in [2.24, 2.45) is 7.05 Å². The molecule has 0 bridgehead atoms. The van der Waals surface area contributed by atoms with Gasteiger partial charge in [0, 0.05) is 43.9 Å². The van der Waals surface area contributed by atoms with Gasteiger partial charge in [-0.3, -0.25) is 9.48 Å². The molecule has 2 rings (SSSR count). The number of amides is 1. The molecule has 1 aromatic rings. The first kappa shape index (κ1) is 12.1. The summed E-state index contributed by atoms with van der Waals surface area (Å²) in [5.74, 6) is 0.160. The SMILES string of the molecule is Cc1nn(C)cc1C(C)NC1CCC(=O)NC1. The summed E-state index contributed by atoms with van der Waals surface area (Å²) in [6.45, 7) is 4.89. The summed E-state index contributed by atoms with van der Waals surface area (Å²) in [7, 11) is 1.93. The molecule has 0 saturated carbocycles. The van der Waals surface area contributed by atoms with Gasteiger partial charge in [0.05, 0.1) is 5.69 Å². The lowest BCUT2D eigenvalue weighted by Gasteiger charge is -2.26. The lowest BCUT2D eigenvalue weighted by molar-refractivity contribution is -0.122. The number of nitrogens with zero attached hydrogens (tertiary/aromatic N) is 2. The molecule has 2 heterocycles. The Kier molecular flexibility index (Phi) is 3.47. The van der Waals surface area contributed by atoms with Gasteiger partial charge in [0.1, 0.15) is 0 Å². The molecule has 2 N–H and O–H groups in total. The van der Waals surface area contributed by atoms with Crippen LogP contribution >= 0.6 is 0 Å². The van der Waals surface area contributed by atoms with E-state index in [0.29, 0.717) is 12.5 Å². The summed E-state index contributed by atoms with van der Waals surface area (Å²) < 4.78 is 1.84. The number of carbonyl (C=O) groups excluding carboxylic acids is 1. The van der Waals surface area contributed by atoms with E-state index < -0.39 is 0 Å². The number of hydrogen-bond donors (Lipinski definition) is 2. The molecule has 1 amide bonds. The number of hydrogen-bond acceptors (Lipinski definition) is 3. The van der Waals surface area contributed by atoms with Crippen LogP contribution in [0.5, 0.6) is 0 Å². The molecular weight excluding hydrogens is 216 g/mol. The minimum atomic E-state index is 0.160. The Balaban J connectivity index is 1.95. The fourth-order valence-electron chi connectivity index (χ4n) is 2.36. The van der Waals surface area contributed by atoms with Crippen molar-refractivity contribution in [1.82, 2.24) is 20.4 Å². The zero-order valence-corrected chi connectivity index (χ0v) is 10.7. The number of aryl methyl sites for hydroxylation is 2. The van der Waals surface area contributed by atoms with Gasteiger partial charge in [-0.05, 0) is 20.3 Å². The van der Waals surface area contributed by atoms with Gasteiger partial charge in [-0.25, -0.2) is 0 Å². The zero-order valence-electron chi connectivity index (χ0n) is 10.7. The second kappa shape index (κ2) is 4.87. The summed E-state index contributed by atoms with van der Waals surface area (Å²) in [4.78, 5) is 11.1. The summed E-state index contributed by atoms with van der Waals surface area (Å²) in [6.07, 6.45) is 3.58. The normalized spacial score (nSPS) is 22.3. The van der Waals surface area contributed by atoms with Crippen LogP contribution in [0, 0.1) is 6.92 Å². The number of rotatable bonds is 3. The molecule has 1 aliphatic rings. The molecule has 5 nitrogen and oxygen atoms in total. The first-order chi connectivity index (χ1) is 8.06. The molecule has 94 valence electrons. The van der Waals surface area contributed by atoms with Crippen LogP contribution in [0.15, 0.2) is 6.20 Å². The quantitative estimate of drug-likeness (QED) is 0.810. The minimum Gasteiger partial charge on any atom is -0.355 e. The molecule has 0 aromatic carbocycles. The second-order valence-electron chi connectivity index (χ2n) is 4.77. The van der Waals surface area contributed by atoms with Crippen LogP contribution in [-0.4, -0.2) is 28.3 Å². The second-order valence-corrected chi connectivity index (χ2v) is 4.77. The van der Waals surface area contributed by atoms with Crippen molar-refractivity contribution >= 4 is 5.91 Å². The van der Waals surface area contributed by atoms with Crippen LogP contribution in [0.1, 0.15) is 37.1 Å². The van der Waals surface area contributed by atoms with E-state index in [-0.39, 0.29) is 11.9 Å². The molecule has 1 aliphatic heterocycles. The Labute approximate surface area is 102 Å². The fourth-order valence-corrected chi connectivity index (χ4v) is 2.36. The van der Waals surface area contributed by atoms with Crippen molar-refractivity contribution < 1.29 is 4.79 Å². The van der Waals surface area contributed by atoms with Gasteiger partial charge in [0.15, 0.2) is 0 Å². The fraction of sp³-hybridized carbons (Fsp3) is 0.667. The van der Waals surface area contributed by atoms with Crippen LogP contribution in [-0.2, 0) is 11.8 Å². The molecule has 0 aliphatic carbocycles. The predicted octanol–water partition coefficient (Wildman–Crippen LogP) is 0.658. The molecule has 17 heavy (non-hydrogen) atoms. The van der Waals surface area contributed by atoms with Gasteiger partial charge in [0.25, 0.3) is 0 Å². The van der Waals surface area contributed by atoms with Crippen LogP contribution in [0.25, 0.3) is 0 Å². The van der Waals surface area contributed by atoms with Gasteiger partial charge in [-0.2, -0.15) is 5.10 Å². The number of piperidine rings is 1. The van der Waals surface area contributed by atoms with E-state index in [4.69, 9.17) is 0 Å². The largest absolute Gasteiger partial charge is 0.355 e. The first-order valence-electron chi connectivity index (χ1n) is 6.09. The highest BCUT2D eigenvalue weighted by atomic mass is 16.1. The summed E-state index contributed by atoms with van der Waals surface area (Å²) in [5.41, 5.74) is 2.29. The van der Waals surface area contributed by atoms with E-state index in [2.05, 4.69) is 28.9 Å². The highest BCUT2D eigenvalue weighted by molar-refractivity contribution is 5.76. The predicted molar refractivity (Wildman–Crippen MR) is 65.5 cm³/mol. The maximum absolute atomic E-state index is 11.1. The van der Waals surface area contributed by atoms with Crippen LogP contribution in [0.3, 0.4) is 0 Å². The maximum Gasteiger partial charge on any atom is 0.220 e. The molecule has 2 atom stereocenters. The van der Waals surface area contributed by atoms with Gasteiger partial charge in [0.2, 0.25) is 5.91 Å². The average molecular weight is 236 g/mol. The summed E-state index contributed by atoms with van der Waals surface area (Å²) >= 11 is 0. The molecule has 1 saturated heterocycles. The van der Waals surface area contributed by atoms with E-state index in [1.54, 1.807) is 0 Å². The third-order valence-electron chi connectivity index (χ3n) is 3.27. The van der Waals surface area contributed by atoms with Crippen LogP contribution < -0.4 is 10.6 Å². The van der Waals surface area contributed by atoms with Gasteiger partial charge in [-0.15, -0.1) is 0 Å². The Morgan fingerprint density at radius 3 is 2.94 bits per heavy atom. The Bertz CT molecular complexity index is 403. The Morgan fingerprint density at radius 2 is 2.41 bits per heavy atom. The van der Waals surface area contributed by atoms with Crippen molar-refractivity contribution in [3.8, 4) is 0 Å². The number of aromatic nitrogens is 2. The van der Waals surface area contributed by atoms with E-state index in [9.17, 15) is 4.79 Å². The van der Waals surface area contributed by atoms with Crippen molar-refractivity contribution in [3.05, 3.63) is 17.5 Å². The van der Waals surface area contributed by atoms with Gasteiger partial charge >= 0.3 is 0 Å². The number of nitrogens with one attached hydrogen (secondary N) is 2. The molecule has 1 fully saturated rings. The monoisotopic (exact) mass is 236 g/mol. The summed E-state index contributed by atoms with van der Waals surface area (Å²) in [5, 5.41) is 10.8. The van der Waals surface area contributed by atoms with Crippen molar-refractivity contribution in [2.45, 2.75) is 38.8 Å². The molecule has 5 heteroatoms. The smallest absolute Gasteiger partial charge is 0.220 e. The highest BCUT2D eigenvalue weighted by Gasteiger charge is 2.21.